The van der Waals surface area contributed by atoms with Crippen LogP contribution in [-0.4, -0.2) is 69.7 Å². The first-order valence-corrected chi connectivity index (χ1v) is 15.7. The number of aromatic amines is 1. The van der Waals surface area contributed by atoms with E-state index in [0.29, 0.717) is 18.7 Å². The van der Waals surface area contributed by atoms with Crippen molar-refractivity contribution in [2.24, 2.45) is 11.5 Å². The van der Waals surface area contributed by atoms with Gasteiger partial charge in [-0.25, -0.2) is 9.78 Å². The normalized spacial score (nSPS) is 12.3. The van der Waals surface area contributed by atoms with E-state index in [-0.39, 0.29) is 18.9 Å². The van der Waals surface area contributed by atoms with Crippen LogP contribution in [0.4, 0.5) is 0 Å². The number of unbranched alkanes of at least 4 members (excludes halogenated alkanes) is 14. The summed E-state index contributed by atoms with van der Waals surface area (Å²) in [5, 5.41) is 23.2. The lowest BCUT2D eigenvalue weighted by atomic mass is 10.0. The summed E-state index contributed by atoms with van der Waals surface area (Å²) in [6.45, 7) is 3.79. The molecule has 1 aromatic rings. The minimum absolute atomic E-state index is 0.142. The first kappa shape index (κ1) is 38.5. The van der Waals surface area contributed by atoms with E-state index in [4.69, 9.17) is 16.6 Å². The van der Waals surface area contributed by atoms with Gasteiger partial charge in [0.1, 0.15) is 12.1 Å². The average Bonchev–Trinajstić information content (AvgIpc) is 3.46. The molecule has 0 saturated carbocycles. The van der Waals surface area contributed by atoms with E-state index < -0.39 is 24.0 Å². The van der Waals surface area contributed by atoms with Crippen molar-refractivity contribution in [3.63, 3.8) is 0 Å². The molecule has 0 bridgehead atoms. The largest absolute Gasteiger partial charge is 0.480 e. The van der Waals surface area contributed by atoms with E-state index in [1.807, 2.05) is 0 Å². The maximum Gasteiger partial charge on any atom is 0.326 e. The average molecular weight is 583 g/mol. The number of H-pyrrole nitrogens is 1. The Morgan fingerprint density at radius 3 is 1.88 bits per heavy atom. The van der Waals surface area contributed by atoms with E-state index in [1.165, 1.54) is 89.8 Å². The summed E-state index contributed by atoms with van der Waals surface area (Å²) in [4.78, 5) is 40.2. The summed E-state index contributed by atoms with van der Waals surface area (Å²) in [5.41, 5.74) is 11.0. The molecule has 0 aliphatic heterocycles. The standard InChI is InChI=1S/C24H44N4O3.C6H14N2O2/c1-2-3-4-5-6-7-8-9-10-11-12-13-14-15-16-25-19-23(29)28-22(24(30)31)17-21-18-26-20-27-21;7-4-2-1-3-5(8)6(9)10/h18,20,22,25H,2-17,19H2,1H3,(H,26,27)(H,28,29)(H,30,31);5H,1-4,7-8H2,(H,9,10). The lowest BCUT2D eigenvalue weighted by Gasteiger charge is -2.13. The van der Waals surface area contributed by atoms with E-state index in [0.717, 1.165) is 25.8 Å². The summed E-state index contributed by atoms with van der Waals surface area (Å²) >= 11 is 0. The summed E-state index contributed by atoms with van der Waals surface area (Å²) in [5.74, 6) is -2.28. The third kappa shape index (κ3) is 25.0. The van der Waals surface area contributed by atoms with Gasteiger partial charge in [0.05, 0.1) is 18.6 Å². The van der Waals surface area contributed by atoms with Crippen molar-refractivity contribution in [2.45, 2.75) is 135 Å². The van der Waals surface area contributed by atoms with E-state index in [2.05, 4.69) is 27.5 Å². The SMILES string of the molecule is CCCCCCCCCCCCCCCCNCC(=O)NC(Cc1c[nH]cn1)C(=O)O.NCCCCC(N)C(=O)O. The number of nitrogens with one attached hydrogen (secondary N) is 3. The monoisotopic (exact) mass is 582 g/mol. The summed E-state index contributed by atoms with van der Waals surface area (Å²) in [6, 6.07) is -1.68. The molecule has 2 atom stereocenters. The quantitative estimate of drug-likeness (QED) is 0.0786. The van der Waals surface area contributed by atoms with Crippen LogP contribution >= 0.6 is 0 Å². The summed E-state index contributed by atoms with van der Waals surface area (Å²) in [7, 11) is 0. The molecule has 0 aliphatic rings. The lowest BCUT2D eigenvalue weighted by molar-refractivity contribution is -0.141. The fourth-order valence-electron chi connectivity index (χ4n) is 4.34. The van der Waals surface area contributed by atoms with Gasteiger partial charge in [-0.1, -0.05) is 96.8 Å². The number of carboxylic acids is 2. The molecule has 41 heavy (non-hydrogen) atoms. The zero-order valence-corrected chi connectivity index (χ0v) is 25.4. The predicted molar refractivity (Wildman–Crippen MR) is 164 cm³/mol. The number of aromatic nitrogens is 2. The third-order valence-electron chi connectivity index (χ3n) is 6.88. The highest BCUT2D eigenvalue weighted by Crippen LogP contribution is 2.12. The number of nitrogens with zero attached hydrogens (tertiary/aromatic N) is 1. The molecule has 0 aromatic carbocycles. The van der Waals surface area contributed by atoms with Gasteiger partial charge in [0.2, 0.25) is 5.91 Å². The van der Waals surface area contributed by atoms with Crippen molar-refractivity contribution in [1.29, 1.82) is 0 Å². The molecular weight excluding hydrogens is 524 g/mol. The first-order chi connectivity index (χ1) is 19.8. The number of carbonyl (C=O) groups is 3. The molecule has 0 saturated heterocycles. The maximum absolute atomic E-state index is 12.0. The smallest absolute Gasteiger partial charge is 0.326 e. The fraction of sp³-hybridized carbons (Fsp3) is 0.800. The van der Waals surface area contributed by atoms with Crippen LogP contribution in [-0.2, 0) is 20.8 Å². The number of amides is 1. The Balaban J connectivity index is 0.00000136. The van der Waals surface area contributed by atoms with Crippen LogP contribution in [0.25, 0.3) is 0 Å². The number of hydrogen-bond donors (Lipinski definition) is 7. The zero-order chi connectivity index (χ0) is 30.6. The summed E-state index contributed by atoms with van der Waals surface area (Å²) < 4.78 is 0. The van der Waals surface area contributed by atoms with E-state index in [9.17, 15) is 19.5 Å². The minimum Gasteiger partial charge on any atom is -0.480 e. The van der Waals surface area contributed by atoms with Gasteiger partial charge in [0, 0.05) is 12.6 Å². The van der Waals surface area contributed by atoms with Crippen LogP contribution < -0.4 is 22.1 Å². The number of hydrogen-bond acceptors (Lipinski definition) is 7. The van der Waals surface area contributed by atoms with Crippen molar-refractivity contribution in [1.82, 2.24) is 20.6 Å². The molecule has 2 unspecified atom stereocenters. The van der Waals surface area contributed by atoms with Gasteiger partial charge in [-0.05, 0) is 32.4 Å². The predicted octanol–water partition coefficient (Wildman–Crippen LogP) is 4.12. The molecule has 1 aromatic heterocycles. The van der Waals surface area contributed by atoms with Crippen molar-refractivity contribution >= 4 is 17.8 Å². The third-order valence-corrected chi connectivity index (χ3v) is 6.88. The molecule has 1 rings (SSSR count). The van der Waals surface area contributed by atoms with Crippen LogP contribution in [0.2, 0.25) is 0 Å². The molecule has 0 spiro atoms. The van der Waals surface area contributed by atoms with Gasteiger partial charge in [0.25, 0.3) is 0 Å². The highest BCUT2D eigenvalue weighted by atomic mass is 16.4. The van der Waals surface area contributed by atoms with Crippen LogP contribution in [0.3, 0.4) is 0 Å². The minimum atomic E-state index is -1.05. The molecule has 0 aliphatic carbocycles. The Hall–Kier alpha value is -2.50. The number of imidazole rings is 1. The number of rotatable bonds is 26. The highest BCUT2D eigenvalue weighted by Gasteiger charge is 2.20. The topological polar surface area (TPSA) is 196 Å². The summed E-state index contributed by atoms with van der Waals surface area (Å²) in [6.07, 6.45) is 24.0. The van der Waals surface area contributed by atoms with Crippen LogP contribution in [0.5, 0.6) is 0 Å². The second-order valence-electron chi connectivity index (χ2n) is 10.7. The van der Waals surface area contributed by atoms with Gasteiger partial charge in [-0.3, -0.25) is 9.59 Å². The van der Waals surface area contributed by atoms with Crippen LogP contribution in [0.1, 0.15) is 122 Å². The Morgan fingerprint density at radius 1 is 0.854 bits per heavy atom. The van der Waals surface area contributed by atoms with Crippen molar-refractivity contribution in [2.75, 3.05) is 19.6 Å². The van der Waals surface area contributed by atoms with Gasteiger partial charge in [-0.2, -0.15) is 0 Å². The number of carbonyl (C=O) groups excluding carboxylic acids is 1. The Kier molecular flexibility index (Phi) is 26.0. The molecule has 11 nitrogen and oxygen atoms in total. The van der Waals surface area contributed by atoms with Crippen LogP contribution in [0, 0.1) is 0 Å². The van der Waals surface area contributed by atoms with E-state index >= 15 is 0 Å². The van der Waals surface area contributed by atoms with Crippen molar-refractivity contribution in [3.8, 4) is 0 Å². The van der Waals surface area contributed by atoms with Crippen molar-refractivity contribution < 1.29 is 24.6 Å². The zero-order valence-electron chi connectivity index (χ0n) is 25.4. The highest BCUT2D eigenvalue weighted by molar-refractivity contribution is 5.84. The molecule has 1 amide bonds. The Bertz CT molecular complexity index is 763. The second kappa shape index (κ2) is 27.7. The molecular formula is C30H58N6O5. The molecule has 11 heteroatoms. The fourth-order valence-corrected chi connectivity index (χ4v) is 4.34. The molecule has 9 N–H and O–H groups in total. The van der Waals surface area contributed by atoms with Gasteiger partial charge in [0.15, 0.2) is 0 Å². The van der Waals surface area contributed by atoms with Crippen LogP contribution in [0.15, 0.2) is 12.5 Å². The molecule has 1 heterocycles. The maximum atomic E-state index is 12.0. The van der Waals surface area contributed by atoms with Gasteiger partial charge in [-0.15, -0.1) is 0 Å². The molecule has 0 fully saturated rings. The number of aliphatic carboxylic acids is 2. The van der Waals surface area contributed by atoms with Gasteiger partial charge >= 0.3 is 11.9 Å². The first-order valence-electron chi connectivity index (χ1n) is 15.7. The van der Waals surface area contributed by atoms with E-state index in [1.54, 1.807) is 6.20 Å². The van der Waals surface area contributed by atoms with Gasteiger partial charge < -0.3 is 37.3 Å². The molecule has 0 radical (unpaired) electrons. The molecule has 238 valence electrons. The Labute approximate surface area is 247 Å². The Morgan fingerprint density at radius 2 is 1.41 bits per heavy atom. The van der Waals surface area contributed by atoms with Crippen molar-refractivity contribution in [3.05, 3.63) is 18.2 Å². The number of carboxylic acid groups (broad SMARTS) is 2. The number of nitrogens with two attached hydrogens (primary N) is 2. The second-order valence-corrected chi connectivity index (χ2v) is 10.7. The lowest BCUT2D eigenvalue weighted by Crippen LogP contribution is -2.45.